The predicted molar refractivity (Wildman–Crippen MR) is 75.8 cm³/mol. The molecule has 0 radical (unpaired) electrons. The largest absolute Gasteiger partial charge is 0.373 e. The second kappa shape index (κ2) is 5.79. The van der Waals surface area contributed by atoms with Crippen molar-refractivity contribution in [3.63, 3.8) is 0 Å². The lowest BCUT2D eigenvalue weighted by Crippen LogP contribution is -2.14. The number of hydrogen-bond acceptors (Lipinski definition) is 3. The minimum absolute atomic E-state index is 0.259. The molecule has 4 nitrogen and oxygen atoms in total. The summed E-state index contributed by atoms with van der Waals surface area (Å²) in [6.07, 6.45) is 0. The molecule has 1 heterocycles. The van der Waals surface area contributed by atoms with E-state index in [-0.39, 0.29) is 11.6 Å². The summed E-state index contributed by atoms with van der Waals surface area (Å²) in [4.78, 5) is 16.0. The third-order valence-corrected chi connectivity index (χ3v) is 3.06. The van der Waals surface area contributed by atoms with Crippen molar-refractivity contribution in [1.29, 1.82) is 0 Å². The zero-order valence-corrected chi connectivity index (χ0v) is 11.7. The normalized spacial score (nSPS) is 10.1. The van der Waals surface area contributed by atoms with Crippen LogP contribution in [0.4, 0.5) is 15.9 Å². The Morgan fingerprint density at radius 2 is 2.11 bits per heavy atom. The minimum atomic E-state index is -0.435. The van der Waals surface area contributed by atoms with Gasteiger partial charge in [-0.15, -0.1) is 0 Å². The van der Waals surface area contributed by atoms with Crippen molar-refractivity contribution in [2.75, 3.05) is 17.7 Å². The molecule has 0 saturated heterocycles. The molecule has 0 unspecified atom stereocenters. The number of aromatic nitrogens is 1. The SMILES string of the molecule is CNc1cccc(C(=O)Nc2ccc(Br)c(F)c2)n1. The molecule has 98 valence electrons. The van der Waals surface area contributed by atoms with E-state index in [1.165, 1.54) is 12.1 Å². The molecule has 1 aromatic heterocycles. The van der Waals surface area contributed by atoms with Crippen LogP contribution >= 0.6 is 15.9 Å². The summed E-state index contributed by atoms with van der Waals surface area (Å²) in [7, 11) is 1.72. The van der Waals surface area contributed by atoms with Crippen LogP contribution in [0, 0.1) is 5.82 Å². The molecule has 2 aromatic rings. The monoisotopic (exact) mass is 323 g/mol. The number of anilines is 2. The van der Waals surface area contributed by atoms with Gasteiger partial charge in [-0.3, -0.25) is 4.79 Å². The molecule has 2 N–H and O–H groups in total. The summed E-state index contributed by atoms with van der Waals surface area (Å²) in [5, 5.41) is 5.43. The van der Waals surface area contributed by atoms with Gasteiger partial charge in [-0.05, 0) is 46.3 Å². The fourth-order valence-corrected chi connectivity index (χ4v) is 1.72. The highest BCUT2D eigenvalue weighted by atomic mass is 79.9. The Labute approximate surface area is 118 Å². The molecule has 0 bridgehead atoms. The van der Waals surface area contributed by atoms with Gasteiger partial charge in [0.25, 0.3) is 5.91 Å². The second-order valence-corrected chi connectivity index (χ2v) is 4.60. The Morgan fingerprint density at radius 1 is 1.32 bits per heavy atom. The van der Waals surface area contributed by atoms with Gasteiger partial charge in [0, 0.05) is 12.7 Å². The van der Waals surface area contributed by atoms with Crippen molar-refractivity contribution in [3.8, 4) is 0 Å². The zero-order valence-electron chi connectivity index (χ0n) is 10.1. The first-order chi connectivity index (χ1) is 9.10. The van der Waals surface area contributed by atoms with Crippen molar-refractivity contribution in [1.82, 2.24) is 4.98 Å². The van der Waals surface area contributed by atoms with E-state index in [9.17, 15) is 9.18 Å². The quantitative estimate of drug-likeness (QED) is 0.911. The van der Waals surface area contributed by atoms with Gasteiger partial charge in [-0.25, -0.2) is 9.37 Å². The summed E-state index contributed by atoms with van der Waals surface area (Å²) in [6.45, 7) is 0. The molecular formula is C13H11BrFN3O. The number of benzene rings is 1. The Bertz CT molecular complexity index is 619. The van der Waals surface area contributed by atoms with Gasteiger partial charge in [0.05, 0.1) is 4.47 Å². The number of rotatable bonds is 3. The van der Waals surface area contributed by atoms with E-state index in [1.807, 2.05) is 0 Å². The lowest BCUT2D eigenvalue weighted by atomic mass is 10.3. The molecular weight excluding hydrogens is 313 g/mol. The fraction of sp³-hybridized carbons (Fsp3) is 0.0769. The first-order valence-electron chi connectivity index (χ1n) is 5.51. The average Bonchev–Trinajstić information content (AvgIpc) is 2.43. The Balaban J connectivity index is 2.18. The summed E-state index contributed by atoms with van der Waals surface area (Å²) in [6, 6.07) is 9.43. The summed E-state index contributed by atoms with van der Waals surface area (Å²) in [5.74, 6) is -0.233. The maximum absolute atomic E-state index is 13.3. The highest BCUT2D eigenvalue weighted by Gasteiger charge is 2.09. The molecule has 1 aromatic carbocycles. The van der Waals surface area contributed by atoms with Crippen LogP contribution in [0.2, 0.25) is 0 Å². The van der Waals surface area contributed by atoms with Crippen LogP contribution < -0.4 is 10.6 Å². The van der Waals surface area contributed by atoms with E-state index in [0.717, 1.165) is 0 Å². The summed E-state index contributed by atoms with van der Waals surface area (Å²) in [5.41, 5.74) is 0.637. The number of carbonyl (C=O) groups excluding carboxylic acids is 1. The van der Waals surface area contributed by atoms with E-state index in [0.29, 0.717) is 16.0 Å². The van der Waals surface area contributed by atoms with E-state index in [1.54, 1.807) is 31.3 Å². The zero-order chi connectivity index (χ0) is 13.8. The van der Waals surface area contributed by atoms with Crippen LogP contribution in [0.3, 0.4) is 0 Å². The van der Waals surface area contributed by atoms with Crippen LogP contribution in [-0.2, 0) is 0 Å². The number of carbonyl (C=O) groups is 1. The molecule has 0 fully saturated rings. The van der Waals surface area contributed by atoms with Gasteiger partial charge in [0.1, 0.15) is 17.3 Å². The number of nitrogens with zero attached hydrogens (tertiary/aromatic N) is 1. The molecule has 0 aliphatic carbocycles. The average molecular weight is 324 g/mol. The second-order valence-electron chi connectivity index (χ2n) is 3.74. The number of amides is 1. The van der Waals surface area contributed by atoms with Crippen LogP contribution in [0.5, 0.6) is 0 Å². The number of nitrogens with one attached hydrogen (secondary N) is 2. The topological polar surface area (TPSA) is 54.0 Å². The summed E-state index contributed by atoms with van der Waals surface area (Å²) < 4.78 is 13.7. The molecule has 0 spiro atoms. The molecule has 0 aliphatic rings. The lowest BCUT2D eigenvalue weighted by molar-refractivity contribution is 0.102. The van der Waals surface area contributed by atoms with E-state index in [2.05, 4.69) is 31.5 Å². The fourth-order valence-electron chi connectivity index (χ4n) is 1.47. The first kappa shape index (κ1) is 13.5. The molecule has 2 rings (SSSR count). The molecule has 6 heteroatoms. The Kier molecular flexibility index (Phi) is 4.11. The van der Waals surface area contributed by atoms with Gasteiger partial charge in [-0.2, -0.15) is 0 Å². The van der Waals surface area contributed by atoms with Crippen molar-refractivity contribution in [2.45, 2.75) is 0 Å². The standard InChI is InChI=1S/C13H11BrFN3O/c1-16-12-4-2-3-11(18-12)13(19)17-8-5-6-9(14)10(15)7-8/h2-7H,1H3,(H,16,18)(H,17,19). The molecule has 0 saturated carbocycles. The highest BCUT2D eigenvalue weighted by molar-refractivity contribution is 9.10. The van der Waals surface area contributed by atoms with Crippen molar-refractivity contribution < 1.29 is 9.18 Å². The Hall–Kier alpha value is -1.95. The predicted octanol–water partition coefficient (Wildman–Crippen LogP) is 3.28. The number of pyridine rings is 1. The van der Waals surface area contributed by atoms with E-state index < -0.39 is 5.82 Å². The third-order valence-electron chi connectivity index (χ3n) is 2.42. The van der Waals surface area contributed by atoms with Gasteiger partial charge in [0.15, 0.2) is 0 Å². The van der Waals surface area contributed by atoms with E-state index >= 15 is 0 Å². The smallest absolute Gasteiger partial charge is 0.274 e. The van der Waals surface area contributed by atoms with Crippen LogP contribution in [0.25, 0.3) is 0 Å². The molecule has 1 amide bonds. The van der Waals surface area contributed by atoms with Crippen LogP contribution in [-0.4, -0.2) is 17.9 Å². The van der Waals surface area contributed by atoms with Crippen molar-refractivity contribution in [2.24, 2.45) is 0 Å². The van der Waals surface area contributed by atoms with Gasteiger partial charge >= 0.3 is 0 Å². The van der Waals surface area contributed by atoms with Gasteiger partial charge < -0.3 is 10.6 Å². The van der Waals surface area contributed by atoms with Gasteiger partial charge in [-0.1, -0.05) is 6.07 Å². The number of hydrogen-bond donors (Lipinski definition) is 2. The molecule has 0 aliphatic heterocycles. The third kappa shape index (κ3) is 3.29. The first-order valence-corrected chi connectivity index (χ1v) is 6.30. The highest BCUT2D eigenvalue weighted by Crippen LogP contribution is 2.19. The van der Waals surface area contributed by atoms with E-state index in [4.69, 9.17) is 0 Å². The van der Waals surface area contributed by atoms with Crippen LogP contribution in [0.15, 0.2) is 40.9 Å². The van der Waals surface area contributed by atoms with Gasteiger partial charge in [0.2, 0.25) is 0 Å². The lowest BCUT2D eigenvalue weighted by Gasteiger charge is -2.06. The van der Waals surface area contributed by atoms with Crippen molar-refractivity contribution in [3.05, 3.63) is 52.4 Å². The maximum Gasteiger partial charge on any atom is 0.274 e. The Morgan fingerprint density at radius 3 is 2.79 bits per heavy atom. The molecule has 0 atom stereocenters. The molecule has 19 heavy (non-hydrogen) atoms. The minimum Gasteiger partial charge on any atom is -0.373 e. The van der Waals surface area contributed by atoms with Crippen LogP contribution in [0.1, 0.15) is 10.5 Å². The number of halogens is 2. The summed E-state index contributed by atoms with van der Waals surface area (Å²) >= 11 is 3.05. The maximum atomic E-state index is 13.3. The van der Waals surface area contributed by atoms with Crippen molar-refractivity contribution >= 4 is 33.3 Å².